The first-order valence-corrected chi connectivity index (χ1v) is 5.49. The van der Waals surface area contributed by atoms with Crippen molar-refractivity contribution in [3.8, 4) is 0 Å². The topological polar surface area (TPSA) is 64.6 Å². The zero-order chi connectivity index (χ0) is 12.3. The highest BCUT2D eigenvalue weighted by Gasteiger charge is 2.45. The van der Waals surface area contributed by atoms with Crippen LogP contribution in [0.4, 0.5) is 4.79 Å². The third-order valence-corrected chi connectivity index (χ3v) is 2.08. The van der Waals surface area contributed by atoms with E-state index in [4.69, 9.17) is 9.47 Å². The largest absolute Gasteiger partial charge is 0.466 e. The predicted octanol–water partition coefficient (Wildman–Crippen LogP) is 1.46. The fraction of sp³-hybridized carbons (Fsp3) is 0.818. The monoisotopic (exact) mass is 229 g/mol. The first-order chi connectivity index (χ1) is 7.33. The first kappa shape index (κ1) is 12.8. The Balaban J connectivity index is 2.26. The fourth-order valence-corrected chi connectivity index (χ4v) is 1.32. The highest BCUT2D eigenvalue weighted by molar-refractivity contribution is 5.78. The van der Waals surface area contributed by atoms with Gasteiger partial charge in [0, 0.05) is 6.04 Å². The summed E-state index contributed by atoms with van der Waals surface area (Å²) in [7, 11) is 0. The number of rotatable bonds is 3. The van der Waals surface area contributed by atoms with Crippen molar-refractivity contribution in [2.24, 2.45) is 5.92 Å². The minimum Gasteiger partial charge on any atom is -0.466 e. The van der Waals surface area contributed by atoms with E-state index in [2.05, 4.69) is 5.32 Å². The maximum absolute atomic E-state index is 11.3. The molecule has 0 bridgehead atoms. The average Bonchev–Trinajstić information content (AvgIpc) is 2.80. The molecule has 1 fully saturated rings. The van der Waals surface area contributed by atoms with Crippen molar-refractivity contribution in [2.45, 2.75) is 45.8 Å². The normalized spacial score (nSPS) is 23.5. The van der Waals surface area contributed by atoms with Gasteiger partial charge in [0.15, 0.2) is 0 Å². The van der Waals surface area contributed by atoms with Crippen LogP contribution in [0.15, 0.2) is 0 Å². The molecule has 2 atom stereocenters. The van der Waals surface area contributed by atoms with Crippen LogP contribution >= 0.6 is 0 Å². The van der Waals surface area contributed by atoms with Crippen molar-refractivity contribution in [1.29, 1.82) is 0 Å². The number of carbonyl (C=O) groups excluding carboxylic acids is 2. The Morgan fingerprint density at radius 1 is 1.38 bits per heavy atom. The molecule has 1 aliphatic carbocycles. The molecule has 1 amide bonds. The van der Waals surface area contributed by atoms with Crippen LogP contribution in [0.2, 0.25) is 0 Å². The van der Waals surface area contributed by atoms with Gasteiger partial charge in [-0.3, -0.25) is 4.79 Å². The zero-order valence-corrected chi connectivity index (χ0v) is 10.2. The second-order valence-corrected chi connectivity index (χ2v) is 4.85. The number of carbonyl (C=O) groups is 2. The van der Waals surface area contributed by atoms with Gasteiger partial charge in [-0.15, -0.1) is 0 Å². The van der Waals surface area contributed by atoms with Crippen LogP contribution in [-0.4, -0.2) is 30.3 Å². The summed E-state index contributed by atoms with van der Waals surface area (Å²) in [5.41, 5.74) is -0.515. The summed E-state index contributed by atoms with van der Waals surface area (Å²) in [6.07, 6.45) is 0.155. The number of amides is 1. The number of hydrogen-bond acceptors (Lipinski definition) is 4. The molecule has 92 valence electrons. The first-order valence-electron chi connectivity index (χ1n) is 5.49. The molecule has 0 aromatic heterocycles. The summed E-state index contributed by atoms with van der Waals surface area (Å²) >= 11 is 0. The van der Waals surface area contributed by atoms with Gasteiger partial charge < -0.3 is 14.8 Å². The zero-order valence-electron chi connectivity index (χ0n) is 10.2. The number of nitrogens with one attached hydrogen (secondary N) is 1. The molecular weight excluding hydrogens is 210 g/mol. The Hall–Kier alpha value is -1.26. The van der Waals surface area contributed by atoms with Gasteiger partial charge in [-0.25, -0.2) is 4.79 Å². The second-order valence-electron chi connectivity index (χ2n) is 4.85. The number of ether oxygens (including phenoxy) is 2. The lowest BCUT2D eigenvalue weighted by Gasteiger charge is -2.19. The molecule has 0 spiro atoms. The van der Waals surface area contributed by atoms with E-state index in [1.54, 1.807) is 27.7 Å². The van der Waals surface area contributed by atoms with Gasteiger partial charge in [0.2, 0.25) is 0 Å². The van der Waals surface area contributed by atoms with Gasteiger partial charge in [-0.2, -0.15) is 0 Å². The van der Waals surface area contributed by atoms with Crippen molar-refractivity contribution in [3.05, 3.63) is 0 Å². The minimum atomic E-state index is -0.515. The summed E-state index contributed by atoms with van der Waals surface area (Å²) in [5, 5.41) is 2.64. The molecular formula is C11H19NO4. The third-order valence-electron chi connectivity index (χ3n) is 2.08. The van der Waals surface area contributed by atoms with E-state index >= 15 is 0 Å². The fourth-order valence-electron chi connectivity index (χ4n) is 1.32. The number of alkyl carbamates (subject to hydrolysis) is 1. The quantitative estimate of drug-likeness (QED) is 0.744. The highest BCUT2D eigenvalue weighted by atomic mass is 16.6. The van der Waals surface area contributed by atoms with E-state index in [9.17, 15) is 9.59 Å². The standard InChI is InChI=1S/C11H19NO4/c1-5-15-9(13)7-6-8(7)12-10(14)16-11(2,3)4/h7-8H,5-6H2,1-4H3,(H,12,14)/t7-,8-/m0/s1. The minimum absolute atomic E-state index is 0.131. The van der Waals surface area contributed by atoms with Crippen LogP contribution in [-0.2, 0) is 14.3 Å². The molecule has 1 saturated carbocycles. The lowest BCUT2D eigenvalue weighted by atomic mass is 10.2. The molecule has 1 rings (SSSR count). The summed E-state index contributed by atoms with van der Waals surface area (Å²) in [6.45, 7) is 7.51. The second kappa shape index (κ2) is 4.72. The molecule has 16 heavy (non-hydrogen) atoms. The lowest BCUT2D eigenvalue weighted by molar-refractivity contribution is -0.144. The summed E-state index contributed by atoms with van der Waals surface area (Å²) < 4.78 is 9.92. The predicted molar refractivity (Wildman–Crippen MR) is 57.9 cm³/mol. The summed E-state index contributed by atoms with van der Waals surface area (Å²) in [6, 6.07) is -0.131. The third kappa shape index (κ3) is 4.08. The van der Waals surface area contributed by atoms with Gasteiger partial charge in [0.25, 0.3) is 0 Å². The van der Waals surface area contributed by atoms with E-state index in [1.807, 2.05) is 0 Å². The Kier molecular flexibility index (Phi) is 3.78. The highest BCUT2D eigenvalue weighted by Crippen LogP contribution is 2.31. The van der Waals surface area contributed by atoms with E-state index in [-0.39, 0.29) is 17.9 Å². The Morgan fingerprint density at radius 3 is 2.50 bits per heavy atom. The van der Waals surface area contributed by atoms with Gasteiger partial charge in [-0.05, 0) is 34.1 Å². The van der Waals surface area contributed by atoms with E-state index < -0.39 is 11.7 Å². The van der Waals surface area contributed by atoms with Gasteiger partial charge in [-0.1, -0.05) is 0 Å². The summed E-state index contributed by atoms with van der Waals surface area (Å²) in [5.74, 6) is -0.448. The van der Waals surface area contributed by atoms with Crippen molar-refractivity contribution in [3.63, 3.8) is 0 Å². The smallest absolute Gasteiger partial charge is 0.407 e. The molecule has 0 aliphatic heterocycles. The molecule has 0 heterocycles. The summed E-state index contributed by atoms with van der Waals surface area (Å²) in [4.78, 5) is 22.6. The van der Waals surface area contributed by atoms with Crippen molar-refractivity contribution >= 4 is 12.1 Å². The van der Waals surface area contributed by atoms with Crippen LogP contribution in [0.25, 0.3) is 0 Å². The molecule has 5 heteroatoms. The average molecular weight is 229 g/mol. The Labute approximate surface area is 95.5 Å². The van der Waals surface area contributed by atoms with Crippen LogP contribution in [0.1, 0.15) is 34.1 Å². The van der Waals surface area contributed by atoms with E-state index in [1.165, 1.54) is 0 Å². The SMILES string of the molecule is CCOC(=O)[C@H]1C[C@@H]1NC(=O)OC(C)(C)C. The number of hydrogen-bond donors (Lipinski definition) is 1. The van der Waals surface area contributed by atoms with Crippen LogP contribution < -0.4 is 5.32 Å². The van der Waals surface area contributed by atoms with Gasteiger partial charge in [0.1, 0.15) is 5.60 Å². The maximum atomic E-state index is 11.3. The molecule has 0 saturated heterocycles. The lowest BCUT2D eigenvalue weighted by Crippen LogP contribution is -2.35. The van der Waals surface area contributed by atoms with Crippen molar-refractivity contribution in [2.75, 3.05) is 6.61 Å². The Morgan fingerprint density at radius 2 is 2.00 bits per heavy atom. The number of esters is 1. The van der Waals surface area contributed by atoms with Gasteiger partial charge >= 0.3 is 12.1 Å². The van der Waals surface area contributed by atoms with Crippen LogP contribution in [0.5, 0.6) is 0 Å². The van der Waals surface area contributed by atoms with Crippen molar-refractivity contribution < 1.29 is 19.1 Å². The van der Waals surface area contributed by atoms with E-state index in [0.29, 0.717) is 13.0 Å². The Bertz CT molecular complexity index is 282. The van der Waals surface area contributed by atoms with E-state index in [0.717, 1.165) is 0 Å². The molecule has 0 radical (unpaired) electrons. The molecule has 0 unspecified atom stereocenters. The van der Waals surface area contributed by atoms with Gasteiger partial charge in [0.05, 0.1) is 12.5 Å². The molecule has 1 aliphatic rings. The molecule has 1 N–H and O–H groups in total. The molecule has 0 aromatic carbocycles. The molecule has 5 nitrogen and oxygen atoms in total. The van der Waals surface area contributed by atoms with Crippen LogP contribution in [0.3, 0.4) is 0 Å². The molecule has 0 aromatic rings. The van der Waals surface area contributed by atoms with Crippen LogP contribution in [0, 0.1) is 5.92 Å². The maximum Gasteiger partial charge on any atom is 0.407 e. The van der Waals surface area contributed by atoms with Crippen molar-refractivity contribution in [1.82, 2.24) is 5.32 Å².